The molecule has 0 aliphatic carbocycles. The Labute approximate surface area is 108 Å². The highest BCUT2D eigenvalue weighted by Gasteiger charge is 2.31. The number of rotatable bonds is 4. The van der Waals surface area contributed by atoms with Crippen LogP contribution in [0, 0.1) is 0 Å². The molecular weight excluding hydrogens is 232 g/mol. The zero-order valence-corrected chi connectivity index (χ0v) is 11.1. The molecule has 1 saturated heterocycles. The lowest BCUT2D eigenvalue weighted by Crippen LogP contribution is -2.49. The van der Waals surface area contributed by atoms with Gasteiger partial charge in [-0.3, -0.25) is 4.79 Å². The first-order valence-corrected chi connectivity index (χ1v) is 6.08. The quantitative estimate of drug-likeness (QED) is 0.528. The van der Waals surface area contributed by atoms with E-state index in [2.05, 4.69) is 11.1 Å². The largest absolute Gasteiger partial charge is 0.401 e. The molecule has 0 saturated carbocycles. The van der Waals surface area contributed by atoms with Gasteiger partial charge < -0.3 is 26.4 Å². The van der Waals surface area contributed by atoms with E-state index in [1.165, 1.54) is 0 Å². The molecule has 0 aromatic rings. The van der Waals surface area contributed by atoms with Crippen molar-refractivity contribution in [1.82, 2.24) is 10.2 Å². The summed E-state index contributed by atoms with van der Waals surface area (Å²) in [4.78, 5) is 14.0. The molecule has 102 valence electrons. The first kappa shape index (κ1) is 14.7. The number of likely N-dealkylation sites (N-methyl/N-ethyl adjacent to an activating group) is 1. The molecule has 0 bridgehead atoms. The minimum atomic E-state index is -0.316. The van der Waals surface area contributed by atoms with E-state index in [-0.39, 0.29) is 18.1 Å². The number of quaternary nitrogens is 1. The molecule has 0 spiro atoms. The van der Waals surface area contributed by atoms with E-state index in [1.807, 2.05) is 6.92 Å². The summed E-state index contributed by atoms with van der Waals surface area (Å²) in [7, 11) is 1.76. The monoisotopic (exact) mass is 255 g/mol. The van der Waals surface area contributed by atoms with Crippen molar-refractivity contribution in [2.45, 2.75) is 19.1 Å². The number of carbonyl (C=O) groups is 1. The number of hydrogen-bond acceptors (Lipinski definition) is 4. The van der Waals surface area contributed by atoms with Gasteiger partial charge in [0.1, 0.15) is 6.04 Å². The number of hydrogen-bond donors (Lipinski definition) is 3. The predicted molar refractivity (Wildman–Crippen MR) is 69.1 cm³/mol. The Balaban J connectivity index is 2.72. The van der Waals surface area contributed by atoms with E-state index in [0.29, 0.717) is 25.4 Å². The third kappa shape index (κ3) is 3.83. The maximum absolute atomic E-state index is 12.3. The van der Waals surface area contributed by atoms with Crippen molar-refractivity contribution >= 4 is 5.91 Å². The van der Waals surface area contributed by atoms with E-state index >= 15 is 0 Å². The summed E-state index contributed by atoms with van der Waals surface area (Å²) in [5.41, 5.74) is 10.1. The predicted octanol–water partition coefficient (Wildman–Crippen LogP) is -1.58. The van der Waals surface area contributed by atoms with E-state index in [0.717, 1.165) is 0 Å². The number of carbonyl (C=O) groups excluding carboxylic acids is 1. The highest BCUT2D eigenvalue weighted by atomic mass is 16.5. The van der Waals surface area contributed by atoms with Gasteiger partial charge in [-0.1, -0.05) is 0 Å². The number of nitrogens with zero attached hydrogens (tertiary/aromatic N) is 1. The van der Waals surface area contributed by atoms with Crippen LogP contribution in [-0.2, 0) is 9.53 Å². The molecular formula is C12H23N4O2+. The van der Waals surface area contributed by atoms with Crippen LogP contribution in [0.1, 0.15) is 6.92 Å². The maximum atomic E-state index is 12.3. The Kier molecular flexibility index (Phi) is 5.84. The molecule has 2 unspecified atom stereocenters. The number of amides is 1. The fourth-order valence-corrected chi connectivity index (χ4v) is 1.93. The van der Waals surface area contributed by atoms with Crippen LogP contribution >= 0.6 is 0 Å². The molecule has 0 aromatic carbocycles. The molecule has 1 heterocycles. The van der Waals surface area contributed by atoms with Crippen LogP contribution in [0.3, 0.4) is 0 Å². The summed E-state index contributed by atoms with van der Waals surface area (Å²) in [5.74, 6) is 0.0254. The molecule has 6 heteroatoms. The van der Waals surface area contributed by atoms with Crippen molar-refractivity contribution in [3.05, 3.63) is 24.0 Å². The normalized spacial score (nSPS) is 26.7. The zero-order chi connectivity index (χ0) is 13.5. The molecule has 6 N–H and O–H groups in total. The summed E-state index contributed by atoms with van der Waals surface area (Å²) < 4.78 is 5.56. The minimum Gasteiger partial charge on any atom is -0.401 e. The molecule has 1 fully saturated rings. The summed E-state index contributed by atoms with van der Waals surface area (Å²) in [6.07, 6.45) is 5.03. The molecule has 6 nitrogen and oxygen atoms in total. The van der Waals surface area contributed by atoms with Crippen molar-refractivity contribution in [3.63, 3.8) is 0 Å². The van der Waals surface area contributed by atoms with Gasteiger partial charge in [0.2, 0.25) is 5.91 Å². The molecule has 1 aliphatic heterocycles. The van der Waals surface area contributed by atoms with Crippen molar-refractivity contribution in [2.24, 2.45) is 5.73 Å². The van der Waals surface area contributed by atoms with E-state index in [4.69, 9.17) is 10.5 Å². The third-order valence-corrected chi connectivity index (χ3v) is 2.92. The van der Waals surface area contributed by atoms with Crippen LogP contribution in [0.25, 0.3) is 0 Å². The Hall–Kier alpha value is -1.37. The van der Waals surface area contributed by atoms with Crippen LogP contribution < -0.4 is 16.8 Å². The second kappa shape index (κ2) is 7.15. The number of nitrogens with one attached hydrogen (secondary N) is 1. The zero-order valence-electron chi connectivity index (χ0n) is 11.1. The highest BCUT2D eigenvalue weighted by molar-refractivity contribution is 5.83. The molecule has 1 rings (SSSR count). The average Bonchev–Trinajstić information content (AvgIpc) is 2.47. The fourth-order valence-electron chi connectivity index (χ4n) is 1.93. The van der Waals surface area contributed by atoms with Gasteiger partial charge in [-0.05, 0) is 26.1 Å². The van der Waals surface area contributed by atoms with E-state index in [1.54, 1.807) is 30.3 Å². The number of ether oxygens (including phenoxy) is 1. The van der Waals surface area contributed by atoms with Crippen molar-refractivity contribution in [1.29, 1.82) is 0 Å². The van der Waals surface area contributed by atoms with Gasteiger partial charge in [0, 0.05) is 12.2 Å². The summed E-state index contributed by atoms with van der Waals surface area (Å²) in [5, 5.41) is 2.99. The van der Waals surface area contributed by atoms with Gasteiger partial charge in [0.05, 0.1) is 25.5 Å². The van der Waals surface area contributed by atoms with E-state index < -0.39 is 0 Å². The topological polar surface area (TPSA) is 95.2 Å². The first-order chi connectivity index (χ1) is 8.60. The number of nitrogens with two attached hydrogens (primary N) is 1. The Morgan fingerprint density at radius 3 is 3.06 bits per heavy atom. The summed E-state index contributed by atoms with van der Waals surface area (Å²) in [6, 6.07) is -0.316. The van der Waals surface area contributed by atoms with Crippen LogP contribution in [0.4, 0.5) is 0 Å². The van der Waals surface area contributed by atoms with Crippen LogP contribution in [-0.4, -0.2) is 49.7 Å². The second-order valence-electron chi connectivity index (χ2n) is 4.27. The van der Waals surface area contributed by atoms with Crippen LogP contribution in [0.5, 0.6) is 0 Å². The van der Waals surface area contributed by atoms with Gasteiger partial charge in [-0.25, -0.2) is 0 Å². The molecule has 2 atom stereocenters. The van der Waals surface area contributed by atoms with Crippen molar-refractivity contribution in [2.75, 3.05) is 26.7 Å². The molecule has 1 aliphatic rings. The van der Waals surface area contributed by atoms with Crippen molar-refractivity contribution < 1.29 is 15.3 Å². The van der Waals surface area contributed by atoms with E-state index in [9.17, 15) is 4.79 Å². The van der Waals surface area contributed by atoms with Gasteiger partial charge in [0.25, 0.3) is 0 Å². The smallest absolute Gasteiger partial charge is 0.242 e. The highest BCUT2D eigenvalue weighted by Crippen LogP contribution is 2.09. The van der Waals surface area contributed by atoms with Gasteiger partial charge >= 0.3 is 0 Å². The van der Waals surface area contributed by atoms with Crippen LogP contribution in [0.2, 0.25) is 0 Å². The van der Waals surface area contributed by atoms with Gasteiger partial charge in [0.15, 0.2) is 0 Å². The average molecular weight is 255 g/mol. The fraction of sp³-hybridized carbons (Fsp3) is 0.583. The SMILES string of the molecule is CNC1C(=O)N(CC(N)=CC=C[NH3+])CCOC1C. The Bertz CT molecular complexity index is 341. The first-order valence-electron chi connectivity index (χ1n) is 6.08. The lowest BCUT2D eigenvalue weighted by molar-refractivity contribution is -0.274. The van der Waals surface area contributed by atoms with Gasteiger partial charge in [-0.15, -0.1) is 0 Å². The Morgan fingerprint density at radius 1 is 1.72 bits per heavy atom. The maximum Gasteiger partial charge on any atom is 0.242 e. The standard InChI is InChI=1S/C12H22N4O2/c1-9-11(15-2)12(17)16(6-7-18-9)8-10(14)4-3-5-13/h3-5,9,11,15H,6-8,13-14H2,1-2H3/p+1. The van der Waals surface area contributed by atoms with Crippen molar-refractivity contribution in [3.8, 4) is 0 Å². The Morgan fingerprint density at radius 2 is 2.44 bits per heavy atom. The molecule has 0 radical (unpaired) electrons. The number of allylic oxidation sites excluding steroid dienone is 2. The summed E-state index contributed by atoms with van der Waals surface area (Å²) >= 11 is 0. The minimum absolute atomic E-state index is 0.0254. The lowest BCUT2D eigenvalue weighted by Gasteiger charge is -2.25. The molecule has 0 aromatic heterocycles. The van der Waals surface area contributed by atoms with Gasteiger partial charge in [-0.2, -0.15) is 0 Å². The molecule has 1 amide bonds. The molecule has 18 heavy (non-hydrogen) atoms. The summed E-state index contributed by atoms with van der Waals surface area (Å²) in [6.45, 7) is 3.40. The van der Waals surface area contributed by atoms with Crippen LogP contribution in [0.15, 0.2) is 24.0 Å². The second-order valence-corrected chi connectivity index (χ2v) is 4.27. The lowest BCUT2D eigenvalue weighted by atomic mass is 10.1. The third-order valence-electron chi connectivity index (χ3n) is 2.92.